The lowest BCUT2D eigenvalue weighted by molar-refractivity contribution is 0.557. The molecule has 0 radical (unpaired) electrons. The average Bonchev–Trinajstić information content (AvgIpc) is 2.28. The van der Waals surface area contributed by atoms with E-state index in [1.54, 1.807) is 6.07 Å². The van der Waals surface area contributed by atoms with Gasteiger partial charge in [-0.25, -0.2) is 9.78 Å². The van der Waals surface area contributed by atoms with Gasteiger partial charge in [0.25, 0.3) is 0 Å². The first kappa shape index (κ1) is 10.0. The fourth-order valence-corrected chi connectivity index (χ4v) is 2.02. The van der Waals surface area contributed by atoms with Crippen LogP contribution in [0.1, 0.15) is 11.3 Å². The van der Waals surface area contributed by atoms with Crippen LogP contribution in [0.15, 0.2) is 39.5 Å². The van der Waals surface area contributed by atoms with E-state index in [-0.39, 0.29) is 5.63 Å². The lowest BCUT2D eigenvalue weighted by Crippen LogP contribution is -2.01. The minimum absolute atomic E-state index is 0.328. The van der Waals surface area contributed by atoms with Crippen LogP contribution < -0.4 is 5.63 Å². The van der Waals surface area contributed by atoms with Crippen molar-refractivity contribution in [2.75, 3.05) is 0 Å². The summed E-state index contributed by atoms with van der Waals surface area (Å²) in [5, 5.41) is 2.39. The Balaban J connectivity index is 2.62. The molecule has 84 valence electrons. The van der Waals surface area contributed by atoms with E-state index in [0.717, 1.165) is 22.0 Å². The number of aromatic nitrogens is 1. The predicted octanol–water partition coefficient (Wildman–Crippen LogP) is 2.96. The molecule has 1 aromatic carbocycles. The summed E-state index contributed by atoms with van der Waals surface area (Å²) in [6.07, 6.45) is 0. The van der Waals surface area contributed by atoms with Crippen molar-refractivity contribution < 1.29 is 4.42 Å². The minimum Gasteiger partial charge on any atom is -0.403 e. The molecule has 0 aliphatic heterocycles. The fraction of sp³-hybridized carbons (Fsp3) is 0.143. The Morgan fingerprint density at radius 2 is 1.76 bits per heavy atom. The molecular weight excluding hydrogens is 214 g/mol. The quantitative estimate of drug-likeness (QED) is 0.552. The van der Waals surface area contributed by atoms with Gasteiger partial charge < -0.3 is 4.42 Å². The molecule has 3 aromatic rings. The molecule has 0 N–H and O–H groups in total. The number of hydrogen-bond acceptors (Lipinski definition) is 3. The van der Waals surface area contributed by atoms with E-state index in [1.165, 1.54) is 0 Å². The van der Waals surface area contributed by atoms with Gasteiger partial charge in [-0.05, 0) is 32.0 Å². The van der Waals surface area contributed by atoms with Gasteiger partial charge in [0.1, 0.15) is 0 Å². The van der Waals surface area contributed by atoms with E-state index in [9.17, 15) is 4.79 Å². The molecule has 0 saturated heterocycles. The number of nitrogens with zero attached hydrogens (tertiary/aromatic N) is 1. The van der Waals surface area contributed by atoms with Crippen molar-refractivity contribution in [3.63, 3.8) is 0 Å². The maximum atomic E-state index is 11.8. The molecule has 0 aliphatic rings. The van der Waals surface area contributed by atoms with Crippen molar-refractivity contribution >= 4 is 21.9 Å². The summed E-state index contributed by atoms with van der Waals surface area (Å²) in [6, 6.07) is 9.57. The summed E-state index contributed by atoms with van der Waals surface area (Å²) < 4.78 is 5.23. The summed E-state index contributed by atoms with van der Waals surface area (Å²) in [5.41, 5.74) is 2.04. The van der Waals surface area contributed by atoms with Crippen LogP contribution in [0.2, 0.25) is 0 Å². The zero-order valence-corrected chi connectivity index (χ0v) is 9.65. The molecule has 0 saturated carbocycles. The van der Waals surface area contributed by atoms with Gasteiger partial charge in [-0.2, -0.15) is 0 Å². The van der Waals surface area contributed by atoms with E-state index < -0.39 is 0 Å². The maximum Gasteiger partial charge on any atom is 0.345 e. The van der Waals surface area contributed by atoms with E-state index in [2.05, 4.69) is 4.98 Å². The zero-order valence-electron chi connectivity index (χ0n) is 9.65. The number of aryl methyl sites for hydroxylation is 2. The lowest BCUT2D eigenvalue weighted by Gasteiger charge is -2.03. The largest absolute Gasteiger partial charge is 0.403 e. The second-order valence-corrected chi connectivity index (χ2v) is 4.24. The van der Waals surface area contributed by atoms with Crippen molar-refractivity contribution in [2.45, 2.75) is 13.8 Å². The summed E-state index contributed by atoms with van der Waals surface area (Å²) in [6.45, 7) is 3.88. The van der Waals surface area contributed by atoms with E-state index in [0.29, 0.717) is 11.1 Å². The van der Waals surface area contributed by atoms with Crippen molar-refractivity contribution in [2.24, 2.45) is 0 Å². The molecule has 17 heavy (non-hydrogen) atoms. The molecule has 3 heteroatoms. The highest BCUT2D eigenvalue weighted by atomic mass is 16.4. The molecule has 0 spiro atoms. The molecule has 0 fully saturated rings. The van der Waals surface area contributed by atoms with Crippen molar-refractivity contribution in [1.82, 2.24) is 4.98 Å². The third kappa shape index (κ3) is 1.51. The molecule has 3 rings (SSSR count). The highest BCUT2D eigenvalue weighted by Crippen LogP contribution is 2.22. The summed E-state index contributed by atoms with van der Waals surface area (Å²) >= 11 is 0. The summed E-state index contributed by atoms with van der Waals surface area (Å²) in [5.74, 6) is 0. The van der Waals surface area contributed by atoms with Gasteiger partial charge in [0.15, 0.2) is 0 Å². The third-order valence-electron chi connectivity index (χ3n) is 2.87. The summed E-state index contributed by atoms with van der Waals surface area (Å²) in [4.78, 5) is 16.1. The monoisotopic (exact) mass is 225 g/mol. The molecular formula is C14H11NO2. The number of hydrogen-bond donors (Lipinski definition) is 0. The van der Waals surface area contributed by atoms with Gasteiger partial charge >= 0.3 is 5.63 Å². The summed E-state index contributed by atoms with van der Waals surface area (Å²) in [7, 11) is 0. The van der Waals surface area contributed by atoms with Crippen LogP contribution in [0.5, 0.6) is 0 Å². The van der Waals surface area contributed by atoms with Crippen molar-refractivity contribution in [1.29, 1.82) is 0 Å². The normalized spacial score (nSPS) is 11.2. The first-order valence-corrected chi connectivity index (χ1v) is 5.46. The van der Waals surface area contributed by atoms with Crippen LogP contribution in [0.3, 0.4) is 0 Å². The van der Waals surface area contributed by atoms with Gasteiger partial charge in [-0.3, -0.25) is 0 Å². The minimum atomic E-state index is -0.328. The van der Waals surface area contributed by atoms with Crippen LogP contribution in [-0.4, -0.2) is 4.98 Å². The first-order chi connectivity index (χ1) is 8.15. The molecule has 2 heterocycles. The molecule has 3 nitrogen and oxygen atoms in total. The third-order valence-corrected chi connectivity index (χ3v) is 2.87. The van der Waals surface area contributed by atoms with E-state index in [4.69, 9.17) is 4.42 Å². The Labute approximate surface area is 97.7 Å². The Hall–Kier alpha value is -2.16. The van der Waals surface area contributed by atoms with Crippen LogP contribution in [0.4, 0.5) is 0 Å². The molecule has 0 aliphatic carbocycles. The van der Waals surface area contributed by atoms with Gasteiger partial charge in [0, 0.05) is 16.5 Å². The van der Waals surface area contributed by atoms with Crippen molar-refractivity contribution in [3.8, 4) is 0 Å². The van der Waals surface area contributed by atoms with E-state index in [1.807, 2.05) is 38.1 Å². The average molecular weight is 225 g/mol. The fourth-order valence-electron chi connectivity index (χ4n) is 2.02. The second-order valence-electron chi connectivity index (χ2n) is 4.24. The topological polar surface area (TPSA) is 43.1 Å². The van der Waals surface area contributed by atoms with Crippen LogP contribution >= 0.6 is 0 Å². The van der Waals surface area contributed by atoms with Crippen LogP contribution in [-0.2, 0) is 0 Å². The van der Waals surface area contributed by atoms with E-state index >= 15 is 0 Å². The second kappa shape index (κ2) is 3.42. The van der Waals surface area contributed by atoms with Crippen LogP contribution in [0.25, 0.3) is 21.9 Å². The first-order valence-electron chi connectivity index (χ1n) is 5.46. The molecule has 0 amide bonds. The predicted molar refractivity (Wildman–Crippen MR) is 67.3 cm³/mol. The van der Waals surface area contributed by atoms with Crippen LogP contribution in [0, 0.1) is 13.8 Å². The molecule has 0 bridgehead atoms. The number of benzene rings is 1. The van der Waals surface area contributed by atoms with Gasteiger partial charge in [0.2, 0.25) is 5.71 Å². The smallest absolute Gasteiger partial charge is 0.345 e. The SMILES string of the molecule is Cc1ccc2c(=O)oc3nc(C)ccc3c2c1. The Morgan fingerprint density at radius 3 is 2.59 bits per heavy atom. The highest BCUT2D eigenvalue weighted by molar-refractivity contribution is 6.03. The zero-order chi connectivity index (χ0) is 12.0. The maximum absolute atomic E-state index is 11.8. The lowest BCUT2D eigenvalue weighted by atomic mass is 10.1. The Kier molecular flexibility index (Phi) is 2.01. The Morgan fingerprint density at radius 1 is 1.00 bits per heavy atom. The van der Waals surface area contributed by atoms with Gasteiger partial charge in [-0.1, -0.05) is 17.7 Å². The highest BCUT2D eigenvalue weighted by Gasteiger charge is 2.08. The molecule has 2 aromatic heterocycles. The van der Waals surface area contributed by atoms with Gasteiger partial charge in [0.05, 0.1) is 5.39 Å². The number of rotatable bonds is 0. The molecule has 0 unspecified atom stereocenters. The van der Waals surface area contributed by atoms with Gasteiger partial charge in [-0.15, -0.1) is 0 Å². The Bertz CT molecular complexity index is 787. The standard InChI is InChI=1S/C14H11NO2/c1-8-3-5-11-12(7-8)10-6-4-9(2)15-13(10)17-14(11)16/h3-7H,1-2H3. The number of pyridine rings is 1. The molecule has 0 atom stereocenters. The van der Waals surface area contributed by atoms with Crippen molar-refractivity contribution in [3.05, 3.63) is 52.0 Å². The number of fused-ring (bicyclic) bond motifs is 3.